The summed E-state index contributed by atoms with van der Waals surface area (Å²) in [5.74, 6) is -0.357. The Morgan fingerprint density at radius 1 is 1.15 bits per heavy atom. The van der Waals surface area contributed by atoms with Crippen LogP contribution in [-0.4, -0.2) is 32.7 Å². The van der Waals surface area contributed by atoms with Gasteiger partial charge in [0.15, 0.2) is 0 Å². The summed E-state index contributed by atoms with van der Waals surface area (Å²) < 4.78 is 25.7. The number of amides is 1. The summed E-state index contributed by atoms with van der Waals surface area (Å²) in [6.07, 6.45) is 0.953. The zero-order chi connectivity index (χ0) is 19.5. The molecule has 2 aromatic rings. The van der Waals surface area contributed by atoms with Crippen LogP contribution < -0.4 is 5.32 Å². The van der Waals surface area contributed by atoms with Crippen molar-refractivity contribution in [3.63, 3.8) is 0 Å². The van der Waals surface area contributed by atoms with Crippen molar-refractivity contribution in [2.75, 3.05) is 14.1 Å². The van der Waals surface area contributed by atoms with Crippen LogP contribution >= 0.6 is 11.6 Å². The van der Waals surface area contributed by atoms with Crippen molar-refractivity contribution in [2.45, 2.75) is 31.2 Å². The number of nitrogens with one attached hydrogen (secondary N) is 1. The third-order valence-electron chi connectivity index (χ3n) is 4.19. The molecule has 1 atom stereocenters. The van der Waals surface area contributed by atoms with Crippen LogP contribution in [0.4, 0.5) is 0 Å². The fraction of sp³-hybridized carbons (Fsp3) is 0.316. The Bertz CT molecular complexity index is 894. The van der Waals surface area contributed by atoms with Gasteiger partial charge in [-0.3, -0.25) is 4.79 Å². The fourth-order valence-corrected chi connectivity index (χ4v) is 3.84. The Kier molecular flexibility index (Phi) is 6.44. The molecule has 0 fully saturated rings. The highest BCUT2D eigenvalue weighted by molar-refractivity contribution is 7.89. The lowest BCUT2D eigenvalue weighted by atomic mass is 10.0. The largest absolute Gasteiger partial charge is 0.346 e. The second-order valence-electron chi connectivity index (χ2n) is 6.22. The Balaban J connectivity index is 2.24. The van der Waals surface area contributed by atoms with Gasteiger partial charge in [-0.05, 0) is 42.7 Å². The molecule has 0 heterocycles. The van der Waals surface area contributed by atoms with Gasteiger partial charge in [0.1, 0.15) is 4.90 Å². The first-order valence-corrected chi connectivity index (χ1v) is 10.1. The molecular weight excluding hydrogens is 372 g/mol. The third-order valence-corrected chi connectivity index (χ3v) is 6.48. The number of hydrogen-bond donors (Lipinski definition) is 1. The summed E-state index contributed by atoms with van der Waals surface area (Å²) in [7, 11) is -0.896. The predicted molar refractivity (Wildman–Crippen MR) is 104 cm³/mol. The summed E-state index contributed by atoms with van der Waals surface area (Å²) in [5, 5.41) is 2.97. The molecule has 2 rings (SSSR count). The monoisotopic (exact) mass is 394 g/mol. The Hall–Kier alpha value is -1.89. The summed E-state index contributed by atoms with van der Waals surface area (Å²) in [6, 6.07) is 12.1. The quantitative estimate of drug-likeness (QED) is 0.813. The van der Waals surface area contributed by atoms with E-state index >= 15 is 0 Å². The molecule has 0 spiro atoms. The van der Waals surface area contributed by atoms with Gasteiger partial charge >= 0.3 is 0 Å². The topological polar surface area (TPSA) is 66.5 Å². The molecule has 0 aliphatic carbocycles. The molecule has 0 radical (unpaired) electrons. The minimum atomic E-state index is -3.73. The van der Waals surface area contributed by atoms with Crippen LogP contribution in [0, 0.1) is 0 Å². The maximum Gasteiger partial charge on any atom is 0.251 e. The van der Waals surface area contributed by atoms with E-state index < -0.39 is 10.0 Å². The molecule has 0 aromatic heterocycles. The van der Waals surface area contributed by atoms with Gasteiger partial charge in [-0.25, -0.2) is 12.7 Å². The molecule has 1 amide bonds. The van der Waals surface area contributed by atoms with Gasteiger partial charge in [-0.2, -0.15) is 0 Å². The maximum atomic E-state index is 12.5. The molecule has 0 saturated heterocycles. The van der Waals surface area contributed by atoms with E-state index in [1.807, 2.05) is 31.2 Å². The Morgan fingerprint density at radius 2 is 1.77 bits per heavy atom. The van der Waals surface area contributed by atoms with E-state index in [1.165, 1.54) is 37.9 Å². The molecule has 0 aliphatic heterocycles. The molecule has 7 heteroatoms. The van der Waals surface area contributed by atoms with Crippen molar-refractivity contribution in [3.8, 4) is 0 Å². The van der Waals surface area contributed by atoms with E-state index in [2.05, 4.69) is 12.2 Å². The second-order valence-corrected chi connectivity index (χ2v) is 8.75. The lowest BCUT2D eigenvalue weighted by Gasteiger charge is -2.16. The van der Waals surface area contributed by atoms with Crippen LogP contribution in [0.2, 0.25) is 5.02 Å². The van der Waals surface area contributed by atoms with E-state index in [9.17, 15) is 13.2 Å². The smallest absolute Gasteiger partial charge is 0.251 e. The van der Waals surface area contributed by atoms with Crippen molar-refractivity contribution in [1.29, 1.82) is 0 Å². The highest BCUT2D eigenvalue weighted by Crippen LogP contribution is 2.25. The Labute approximate surface area is 160 Å². The third kappa shape index (κ3) is 4.44. The van der Waals surface area contributed by atoms with E-state index in [0.29, 0.717) is 0 Å². The summed E-state index contributed by atoms with van der Waals surface area (Å²) >= 11 is 6.02. The van der Waals surface area contributed by atoms with Gasteiger partial charge in [0, 0.05) is 19.7 Å². The van der Waals surface area contributed by atoms with Crippen LogP contribution in [0.5, 0.6) is 0 Å². The number of carbonyl (C=O) groups is 1. The number of halogens is 1. The van der Waals surface area contributed by atoms with Crippen molar-refractivity contribution in [1.82, 2.24) is 9.62 Å². The molecule has 1 unspecified atom stereocenters. The lowest BCUT2D eigenvalue weighted by Crippen LogP contribution is -2.27. The zero-order valence-electron chi connectivity index (χ0n) is 15.3. The summed E-state index contributed by atoms with van der Waals surface area (Å²) in [5.41, 5.74) is 2.45. The zero-order valence-corrected chi connectivity index (χ0v) is 16.9. The number of nitrogens with zero attached hydrogens (tertiary/aromatic N) is 1. The van der Waals surface area contributed by atoms with Crippen molar-refractivity contribution in [3.05, 3.63) is 64.2 Å². The maximum absolute atomic E-state index is 12.5. The number of sulfonamides is 1. The van der Waals surface area contributed by atoms with E-state index in [0.717, 1.165) is 16.3 Å². The van der Waals surface area contributed by atoms with Crippen LogP contribution in [0.1, 0.15) is 41.4 Å². The predicted octanol–water partition coefficient (Wildman–Crippen LogP) is 3.64. The van der Waals surface area contributed by atoms with Crippen LogP contribution in [0.15, 0.2) is 47.4 Å². The average molecular weight is 395 g/mol. The number of rotatable bonds is 6. The summed E-state index contributed by atoms with van der Waals surface area (Å²) in [4.78, 5) is 12.5. The molecule has 0 saturated carbocycles. The molecule has 1 N–H and O–H groups in total. The van der Waals surface area contributed by atoms with E-state index in [4.69, 9.17) is 11.6 Å². The molecular formula is C19H23ClN2O3S. The fourth-order valence-electron chi connectivity index (χ4n) is 2.44. The number of hydrogen-bond acceptors (Lipinski definition) is 3. The number of carbonyl (C=O) groups excluding carboxylic acids is 1. The van der Waals surface area contributed by atoms with Crippen molar-refractivity contribution >= 4 is 27.5 Å². The molecule has 2 aromatic carbocycles. The second kappa shape index (κ2) is 8.20. The number of benzene rings is 2. The molecule has 0 bridgehead atoms. The van der Waals surface area contributed by atoms with Gasteiger partial charge < -0.3 is 5.32 Å². The van der Waals surface area contributed by atoms with Crippen molar-refractivity contribution in [2.24, 2.45) is 0 Å². The van der Waals surface area contributed by atoms with E-state index in [1.54, 1.807) is 0 Å². The SMILES string of the molecule is CCc1ccc(C(C)NC(=O)c2ccc(Cl)c(S(=O)(=O)N(C)C)c2)cc1. The molecule has 0 aliphatic rings. The molecule has 140 valence electrons. The van der Waals surface area contributed by atoms with Gasteiger partial charge in [0.2, 0.25) is 10.0 Å². The normalized spacial score (nSPS) is 12.8. The first kappa shape index (κ1) is 20.4. The van der Waals surface area contributed by atoms with Gasteiger partial charge in [-0.15, -0.1) is 0 Å². The van der Waals surface area contributed by atoms with Crippen LogP contribution in [0.3, 0.4) is 0 Å². The minimum absolute atomic E-state index is 0.0819. The van der Waals surface area contributed by atoms with Crippen molar-refractivity contribution < 1.29 is 13.2 Å². The standard InChI is InChI=1S/C19H23ClN2O3S/c1-5-14-6-8-15(9-7-14)13(2)21-19(23)16-10-11-17(20)18(12-16)26(24,25)22(3)4/h6-13H,5H2,1-4H3,(H,21,23). The first-order valence-electron chi connectivity index (χ1n) is 8.28. The Morgan fingerprint density at radius 3 is 2.31 bits per heavy atom. The van der Waals surface area contributed by atoms with Crippen LogP contribution in [-0.2, 0) is 16.4 Å². The van der Waals surface area contributed by atoms with Gasteiger partial charge in [0.05, 0.1) is 11.1 Å². The highest BCUT2D eigenvalue weighted by atomic mass is 35.5. The first-order chi connectivity index (χ1) is 12.2. The molecule has 26 heavy (non-hydrogen) atoms. The van der Waals surface area contributed by atoms with Gasteiger partial charge in [0.25, 0.3) is 5.91 Å². The summed E-state index contributed by atoms with van der Waals surface area (Å²) in [6.45, 7) is 3.96. The van der Waals surface area contributed by atoms with Crippen LogP contribution in [0.25, 0.3) is 0 Å². The number of aryl methyl sites for hydroxylation is 1. The lowest BCUT2D eigenvalue weighted by molar-refractivity contribution is 0.0939. The highest BCUT2D eigenvalue weighted by Gasteiger charge is 2.23. The molecule has 5 nitrogen and oxygen atoms in total. The van der Waals surface area contributed by atoms with E-state index in [-0.39, 0.29) is 27.4 Å². The average Bonchev–Trinajstić information content (AvgIpc) is 2.61. The van der Waals surface area contributed by atoms with Gasteiger partial charge in [-0.1, -0.05) is 42.8 Å². The minimum Gasteiger partial charge on any atom is -0.346 e.